The molecule has 3 aromatic carbocycles. The van der Waals surface area contributed by atoms with Crippen LogP contribution in [-0.4, -0.2) is 43.1 Å². The number of hydrogen-bond acceptors (Lipinski definition) is 6. The number of benzene rings is 3. The van der Waals surface area contributed by atoms with Crippen molar-refractivity contribution in [2.24, 2.45) is 0 Å². The number of rotatable bonds is 7. The van der Waals surface area contributed by atoms with Crippen LogP contribution in [0.25, 0.3) is 10.9 Å². The number of nitrogens with one attached hydrogen (secondary N) is 3. The first-order valence-electron chi connectivity index (χ1n) is 12.2. The maximum absolute atomic E-state index is 13.0. The zero-order valence-corrected chi connectivity index (χ0v) is 22.2. The predicted molar refractivity (Wildman–Crippen MR) is 158 cm³/mol. The standard InChI is InChI=1S/C30H29ClN6O/c1-36(2)25-11-12-26-27(13-15-32-28(26)19-25)33-22-7-9-23(10-8-22)35-30(38)20-5-4-6-24(17-20)34-29-18-21(31)14-16-37(29)3/h4-19,29,34H,1-3H3,(H,32,33)(H,35,38). The van der Waals surface area contributed by atoms with Gasteiger partial charge in [-0.25, -0.2) is 0 Å². The van der Waals surface area contributed by atoms with Gasteiger partial charge in [-0.05, 0) is 78.9 Å². The summed E-state index contributed by atoms with van der Waals surface area (Å²) >= 11 is 6.15. The first kappa shape index (κ1) is 25.2. The molecule has 38 heavy (non-hydrogen) atoms. The monoisotopic (exact) mass is 524 g/mol. The molecule has 8 heteroatoms. The van der Waals surface area contributed by atoms with Crippen molar-refractivity contribution in [1.82, 2.24) is 9.88 Å². The topological polar surface area (TPSA) is 72.5 Å². The van der Waals surface area contributed by atoms with Gasteiger partial charge in [0.05, 0.1) is 5.52 Å². The van der Waals surface area contributed by atoms with E-state index in [2.05, 4.69) is 44.0 Å². The zero-order chi connectivity index (χ0) is 26.6. The van der Waals surface area contributed by atoms with Gasteiger partial charge in [0.25, 0.3) is 5.91 Å². The van der Waals surface area contributed by atoms with Crippen molar-refractivity contribution >= 4 is 56.8 Å². The summed E-state index contributed by atoms with van der Waals surface area (Å²) in [5.74, 6) is -0.184. The maximum Gasteiger partial charge on any atom is 0.255 e. The van der Waals surface area contributed by atoms with Crippen LogP contribution in [0.2, 0.25) is 0 Å². The SMILES string of the molecule is CN(C)c1ccc2c(Nc3ccc(NC(=O)c4cccc(NC5C=C(Cl)C=CN5C)c4)cc3)ccnc2c1. The van der Waals surface area contributed by atoms with E-state index in [0.717, 1.165) is 33.7 Å². The number of halogens is 1. The summed E-state index contributed by atoms with van der Waals surface area (Å²) < 4.78 is 0. The van der Waals surface area contributed by atoms with Crippen molar-refractivity contribution in [2.45, 2.75) is 6.17 Å². The van der Waals surface area contributed by atoms with Crippen LogP contribution in [0.4, 0.5) is 28.4 Å². The van der Waals surface area contributed by atoms with Gasteiger partial charge in [0, 0.05) is 78.0 Å². The summed E-state index contributed by atoms with van der Waals surface area (Å²) in [4.78, 5) is 21.5. The number of anilines is 5. The van der Waals surface area contributed by atoms with Crippen molar-refractivity contribution in [3.05, 3.63) is 108 Å². The lowest BCUT2D eigenvalue weighted by Crippen LogP contribution is -2.34. The molecule has 2 heterocycles. The minimum absolute atomic E-state index is 0.0987. The Morgan fingerprint density at radius 3 is 2.55 bits per heavy atom. The average Bonchev–Trinajstić information content (AvgIpc) is 2.92. The lowest BCUT2D eigenvalue weighted by molar-refractivity contribution is 0.102. The van der Waals surface area contributed by atoms with Crippen LogP contribution < -0.4 is 20.9 Å². The third-order valence-corrected chi connectivity index (χ3v) is 6.58. The molecule has 0 radical (unpaired) electrons. The molecular weight excluding hydrogens is 496 g/mol. The van der Waals surface area contributed by atoms with Crippen LogP contribution in [0.1, 0.15) is 10.4 Å². The van der Waals surface area contributed by atoms with E-state index in [4.69, 9.17) is 11.6 Å². The molecular formula is C30H29ClN6O. The van der Waals surface area contributed by atoms with Crippen LogP contribution in [0, 0.1) is 0 Å². The molecule has 1 aliphatic rings. The number of likely N-dealkylation sites (N-methyl/N-ethyl adjacent to an activating group) is 1. The van der Waals surface area contributed by atoms with E-state index in [9.17, 15) is 4.79 Å². The lowest BCUT2D eigenvalue weighted by atomic mass is 10.1. The van der Waals surface area contributed by atoms with E-state index in [1.54, 1.807) is 12.3 Å². The molecule has 1 unspecified atom stereocenters. The van der Waals surface area contributed by atoms with Gasteiger partial charge in [-0.1, -0.05) is 17.7 Å². The Balaban J connectivity index is 1.25. The molecule has 1 atom stereocenters. The molecule has 0 saturated heterocycles. The third-order valence-electron chi connectivity index (χ3n) is 6.33. The summed E-state index contributed by atoms with van der Waals surface area (Å²) in [6.07, 6.45) is 7.37. The van der Waals surface area contributed by atoms with Crippen LogP contribution in [-0.2, 0) is 0 Å². The van der Waals surface area contributed by atoms with Gasteiger partial charge in [-0.2, -0.15) is 0 Å². The predicted octanol–water partition coefficient (Wildman–Crippen LogP) is 6.62. The largest absolute Gasteiger partial charge is 0.378 e. The molecule has 0 fully saturated rings. The number of carbonyl (C=O) groups excluding carboxylic acids is 1. The van der Waals surface area contributed by atoms with Gasteiger partial charge >= 0.3 is 0 Å². The highest BCUT2D eigenvalue weighted by Gasteiger charge is 2.14. The fourth-order valence-corrected chi connectivity index (χ4v) is 4.36. The van der Waals surface area contributed by atoms with Crippen molar-refractivity contribution in [3.63, 3.8) is 0 Å². The summed E-state index contributed by atoms with van der Waals surface area (Å²) in [6, 6.07) is 23.2. The van der Waals surface area contributed by atoms with Gasteiger partial charge in [-0.3, -0.25) is 9.78 Å². The fourth-order valence-electron chi connectivity index (χ4n) is 4.19. The van der Waals surface area contributed by atoms with Crippen molar-refractivity contribution in [1.29, 1.82) is 0 Å². The smallest absolute Gasteiger partial charge is 0.255 e. The van der Waals surface area contributed by atoms with E-state index >= 15 is 0 Å². The maximum atomic E-state index is 13.0. The van der Waals surface area contributed by atoms with E-state index in [-0.39, 0.29) is 12.1 Å². The van der Waals surface area contributed by atoms with Gasteiger partial charge < -0.3 is 25.8 Å². The number of amides is 1. The van der Waals surface area contributed by atoms with Crippen LogP contribution in [0.15, 0.2) is 102 Å². The number of hydrogen-bond donors (Lipinski definition) is 3. The first-order valence-corrected chi connectivity index (χ1v) is 12.6. The molecule has 0 bridgehead atoms. The molecule has 0 spiro atoms. The molecule has 1 aliphatic heterocycles. The van der Waals surface area contributed by atoms with E-state index in [0.29, 0.717) is 16.3 Å². The Labute approximate surface area is 227 Å². The van der Waals surface area contributed by atoms with Crippen LogP contribution in [0.3, 0.4) is 0 Å². The number of pyridine rings is 1. The summed E-state index contributed by atoms with van der Waals surface area (Å²) in [5, 5.41) is 11.5. The van der Waals surface area contributed by atoms with Gasteiger partial charge in [0.1, 0.15) is 6.17 Å². The fraction of sp³-hybridized carbons (Fsp3) is 0.133. The molecule has 7 nitrogen and oxygen atoms in total. The van der Waals surface area contributed by atoms with Gasteiger partial charge in [0.2, 0.25) is 0 Å². The van der Waals surface area contributed by atoms with E-state index < -0.39 is 0 Å². The van der Waals surface area contributed by atoms with Gasteiger partial charge in [0.15, 0.2) is 0 Å². The molecule has 0 saturated carbocycles. The van der Waals surface area contributed by atoms with Crippen LogP contribution >= 0.6 is 11.6 Å². The Kier molecular flexibility index (Phi) is 7.20. The second-order valence-electron chi connectivity index (χ2n) is 9.31. The normalized spacial score (nSPS) is 14.7. The number of aromatic nitrogens is 1. The highest BCUT2D eigenvalue weighted by molar-refractivity contribution is 6.31. The summed E-state index contributed by atoms with van der Waals surface area (Å²) in [5.41, 5.74) is 6.00. The number of fused-ring (bicyclic) bond motifs is 1. The Bertz CT molecular complexity index is 1530. The number of allylic oxidation sites excluding steroid dienone is 2. The van der Waals surface area contributed by atoms with Crippen molar-refractivity contribution < 1.29 is 4.79 Å². The van der Waals surface area contributed by atoms with E-state index in [1.807, 2.05) is 92.9 Å². The highest BCUT2D eigenvalue weighted by atomic mass is 35.5. The molecule has 4 aromatic rings. The Morgan fingerprint density at radius 2 is 1.76 bits per heavy atom. The lowest BCUT2D eigenvalue weighted by Gasteiger charge is -2.28. The average molecular weight is 525 g/mol. The second kappa shape index (κ2) is 10.9. The quantitative estimate of drug-likeness (QED) is 0.252. The molecule has 3 N–H and O–H groups in total. The Hall–Kier alpha value is -4.49. The van der Waals surface area contributed by atoms with Crippen LogP contribution in [0.5, 0.6) is 0 Å². The van der Waals surface area contributed by atoms with Gasteiger partial charge in [-0.15, -0.1) is 0 Å². The second-order valence-corrected chi connectivity index (χ2v) is 9.75. The zero-order valence-electron chi connectivity index (χ0n) is 21.4. The molecule has 1 aromatic heterocycles. The van der Waals surface area contributed by atoms with Crippen molar-refractivity contribution in [3.8, 4) is 0 Å². The first-order chi connectivity index (χ1) is 18.4. The Morgan fingerprint density at radius 1 is 0.974 bits per heavy atom. The molecule has 0 aliphatic carbocycles. The minimum Gasteiger partial charge on any atom is -0.378 e. The highest BCUT2D eigenvalue weighted by Crippen LogP contribution is 2.28. The molecule has 1 amide bonds. The number of carbonyl (C=O) groups is 1. The third kappa shape index (κ3) is 5.74. The molecule has 192 valence electrons. The van der Waals surface area contributed by atoms with E-state index in [1.165, 1.54) is 0 Å². The van der Waals surface area contributed by atoms with Crippen molar-refractivity contribution in [2.75, 3.05) is 42.0 Å². The number of nitrogens with zero attached hydrogens (tertiary/aromatic N) is 3. The summed E-state index contributed by atoms with van der Waals surface area (Å²) in [6.45, 7) is 0. The molecule has 5 rings (SSSR count). The minimum atomic E-state index is -0.184. The summed E-state index contributed by atoms with van der Waals surface area (Å²) in [7, 11) is 5.99.